The Balaban J connectivity index is 2.07. The van der Waals surface area contributed by atoms with Crippen LogP contribution in [0.1, 0.15) is 76.1 Å². The van der Waals surface area contributed by atoms with Gasteiger partial charge < -0.3 is 5.11 Å². The van der Waals surface area contributed by atoms with E-state index in [0.29, 0.717) is 18.9 Å². The van der Waals surface area contributed by atoms with Crippen LogP contribution in [-0.2, 0) is 24.2 Å². The largest absolute Gasteiger partial charge is 0.481 e. The molecule has 3 rings (SSSR count). The molecule has 2 aromatic heterocycles. The summed E-state index contributed by atoms with van der Waals surface area (Å²) < 4.78 is 1.72. The zero-order chi connectivity index (χ0) is 19.9. The number of aryl methyl sites for hydroxylation is 1. The lowest BCUT2D eigenvalue weighted by Gasteiger charge is -2.33. The lowest BCUT2D eigenvalue weighted by Crippen LogP contribution is -2.28. The molecule has 0 aromatic carbocycles. The third kappa shape index (κ3) is 3.96. The molecule has 27 heavy (non-hydrogen) atoms. The van der Waals surface area contributed by atoms with E-state index >= 15 is 0 Å². The molecule has 1 unspecified atom stereocenters. The van der Waals surface area contributed by atoms with Crippen LogP contribution in [0.25, 0.3) is 10.2 Å². The molecule has 1 atom stereocenters. The molecule has 0 bridgehead atoms. The Kier molecular flexibility index (Phi) is 5.48. The number of carbonyl (C=O) groups is 1. The smallest absolute Gasteiger partial charge is 0.303 e. The Hall–Kier alpha value is -1.69. The fourth-order valence-corrected chi connectivity index (χ4v) is 5.36. The van der Waals surface area contributed by atoms with Gasteiger partial charge in [-0.1, -0.05) is 34.6 Å². The molecule has 0 aliphatic heterocycles. The van der Waals surface area contributed by atoms with Crippen LogP contribution in [0.3, 0.4) is 0 Å². The van der Waals surface area contributed by atoms with E-state index in [0.717, 1.165) is 35.3 Å². The third-order valence-electron chi connectivity index (χ3n) is 5.71. The molecule has 0 amide bonds. The number of carboxylic acids is 1. The van der Waals surface area contributed by atoms with Gasteiger partial charge in [0.25, 0.3) is 5.56 Å². The molecular formula is C21H30N2O3S. The molecule has 0 fully saturated rings. The molecule has 148 valence electrons. The van der Waals surface area contributed by atoms with Crippen LogP contribution in [0.15, 0.2) is 4.79 Å². The van der Waals surface area contributed by atoms with Gasteiger partial charge in [0, 0.05) is 23.8 Å². The van der Waals surface area contributed by atoms with Gasteiger partial charge >= 0.3 is 5.97 Å². The van der Waals surface area contributed by atoms with E-state index in [1.165, 1.54) is 10.4 Å². The van der Waals surface area contributed by atoms with Crippen LogP contribution >= 0.6 is 11.3 Å². The number of aliphatic carboxylic acids is 1. The second-order valence-electron chi connectivity index (χ2n) is 9.07. The Labute approximate surface area is 164 Å². The quantitative estimate of drug-likeness (QED) is 0.810. The predicted molar refractivity (Wildman–Crippen MR) is 110 cm³/mol. The fraction of sp³-hybridized carbons (Fsp3) is 0.667. The van der Waals surface area contributed by atoms with E-state index in [1.807, 2.05) is 13.8 Å². The SMILES string of the molecule is CC(C)c1nc2sc3c(c2c(=O)n1CCCC(=O)O)CCC(C(C)(C)C)C3. The average molecular weight is 391 g/mol. The molecular weight excluding hydrogens is 360 g/mol. The first-order valence-corrected chi connectivity index (χ1v) is 10.7. The monoisotopic (exact) mass is 390 g/mol. The van der Waals surface area contributed by atoms with Crippen molar-refractivity contribution in [3.8, 4) is 0 Å². The zero-order valence-corrected chi connectivity index (χ0v) is 17.8. The first-order valence-electron chi connectivity index (χ1n) is 9.86. The maximum absolute atomic E-state index is 13.3. The van der Waals surface area contributed by atoms with Crippen LogP contribution in [-0.4, -0.2) is 20.6 Å². The van der Waals surface area contributed by atoms with Crippen LogP contribution < -0.4 is 5.56 Å². The van der Waals surface area contributed by atoms with Gasteiger partial charge in [-0.3, -0.25) is 14.2 Å². The summed E-state index contributed by atoms with van der Waals surface area (Å²) in [5, 5.41) is 9.70. The van der Waals surface area contributed by atoms with Gasteiger partial charge in [0.15, 0.2) is 0 Å². The number of rotatable bonds is 5. The van der Waals surface area contributed by atoms with Gasteiger partial charge in [0.1, 0.15) is 10.7 Å². The normalized spacial score (nSPS) is 17.5. The number of hydrogen-bond acceptors (Lipinski definition) is 4. The minimum atomic E-state index is -0.829. The topological polar surface area (TPSA) is 72.2 Å². The van der Waals surface area contributed by atoms with Gasteiger partial charge in [0.05, 0.1) is 5.39 Å². The summed E-state index contributed by atoms with van der Waals surface area (Å²) in [4.78, 5) is 31.2. The molecule has 0 spiro atoms. The summed E-state index contributed by atoms with van der Waals surface area (Å²) in [7, 11) is 0. The van der Waals surface area contributed by atoms with Crippen molar-refractivity contribution < 1.29 is 9.90 Å². The Bertz CT molecular complexity index is 918. The summed E-state index contributed by atoms with van der Waals surface area (Å²) in [6.07, 6.45) is 3.57. The number of aromatic nitrogens is 2. The second-order valence-corrected chi connectivity index (χ2v) is 10.2. The van der Waals surface area contributed by atoms with E-state index in [1.54, 1.807) is 15.9 Å². The first kappa shape index (κ1) is 20.1. The summed E-state index contributed by atoms with van der Waals surface area (Å²) in [5.74, 6) is 0.682. The summed E-state index contributed by atoms with van der Waals surface area (Å²) in [6.45, 7) is 11.4. The van der Waals surface area contributed by atoms with E-state index in [9.17, 15) is 9.59 Å². The van der Waals surface area contributed by atoms with E-state index < -0.39 is 5.97 Å². The number of carboxylic acid groups (broad SMARTS) is 1. The van der Waals surface area contributed by atoms with Crippen molar-refractivity contribution in [1.29, 1.82) is 0 Å². The van der Waals surface area contributed by atoms with E-state index in [-0.39, 0.29) is 23.3 Å². The second kappa shape index (κ2) is 7.38. The summed E-state index contributed by atoms with van der Waals surface area (Å²) >= 11 is 1.68. The average Bonchev–Trinajstić information content (AvgIpc) is 2.93. The van der Waals surface area contributed by atoms with E-state index in [4.69, 9.17) is 10.1 Å². The number of fused-ring (bicyclic) bond motifs is 3. The molecule has 1 aliphatic carbocycles. The summed E-state index contributed by atoms with van der Waals surface area (Å²) in [6, 6.07) is 0. The zero-order valence-electron chi connectivity index (χ0n) is 17.0. The maximum atomic E-state index is 13.3. The van der Waals surface area contributed by atoms with Crippen molar-refractivity contribution in [3.05, 3.63) is 26.6 Å². The van der Waals surface area contributed by atoms with E-state index in [2.05, 4.69) is 20.8 Å². The van der Waals surface area contributed by atoms with Crippen molar-refractivity contribution >= 4 is 27.5 Å². The Morgan fingerprint density at radius 1 is 1.37 bits per heavy atom. The third-order valence-corrected chi connectivity index (χ3v) is 6.86. The van der Waals surface area contributed by atoms with Crippen molar-refractivity contribution in [2.75, 3.05) is 0 Å². The molecule has 2 heterocycles. The van der Waals surface area contributed by atoms with Crippen LogP contribution in [0, 0.1) is 11.3 Å². The van der Waals surface area contributed by atoms with Gasteiger partial charge in [0.2, 0.25) is 0 Å². The molecule has 1 N–H and O–H groups in total. The lowest BCUT2D eigenvalue weighted by molar-refractivity contribution is -0.137. The predicted octanol–water partition coefficient (Wildman–Crippen LogP) is 4.60. The van der Waals surface area contributed by atoms with Crippen molar-refractivity contribution in [3.63, 3.8) is 0 Å². The molecule has 2 aromatic rings. The van der Waals surface area contributed by atoms with Gasteiger partial charge in [-0.15, -0.1) is 11.3 Å². The van der Waals surface area contributed by atoms with Crippen molar-refractivity contribution in [1.82, 2.24) is 9.55 Å². The summed E-state index contributed by atoms with van der Waals surface area (Å²) in [5.41, 5.74) is 1.47. The highest BCUT2D eigenvalue weighted by atomic mass is 32.1. The first-order chi connectivity index (χ1) is 12.6. The molecule has 1 aliphatic rings. The van der Waals surface area contributed by atoms with Crippen molar-refractivity contribution in [2.24, 2.45) is 11.3 Å². The standard InChI is InChI=1S/C21H30N2O3S/c1-12(2)18-22-19-17(20(26)23(18)10-6-7-16(24)25)14-9-8-13(21(3,4)5)11-15(14)27-19/h12-13H,6-11H2,1-5H3,(H,24,25). The molecule has 0 saturated carbocycles. The fourth-order valence-electron chi connectivity index (χ4n) is 4.06. The Morgan fingerprint density at radius 3 is 2.67 bits per heavy atom. The van der Waals surface area contributed by atoms with Crippen LogP contribution in [0.4, 0.5) is 0 Å². The number of nitrogens with zero attached hydrogens (tertiary/aromatic N) is 2. The lowest BCUT2D eigenvalue weighted by atomic mass is 9.72. The molecule has 0 saturated heterocycles. The van der Waals surface area contributed by atoms with Gasteiger partial charge in [-0.05, 0) is 42.6 Å². The minimum absolute atomic E-state index is 0.0146. The Morgan fingerprint density at radius 2 is 2.07 bits per heavy atom. The minimum Gasteiger partial charge on any atom is -0.481 e. The van der Waals surface area contributed by atoms with Gasteiger partial charge in [-0.2, -0.15) is 0 Å². The van der Waals surface area contributed by atoms with Gasteiger partial charge in [-0.25, -0.2) is 4.98 Å². The van der Waals surface area contributed by atoms with Crippen LogP contribution in [0.2, 0.25) is 0 Å². The molecule has 5 nitrogen and oxygen atoms in total. The highest BCUT2D eigenvalue weighted by Crippen LogP contribution is 2.42. The highest BCUT2D eigenvalue weighted by Gasteiger charge is 2.32. The number of hydrogen-bond donors (Lipinski definition) is 1. The highest BCUT2D eigenvalue weighted by molar-refractivity contribution is 7.18. The maximum Gasteiger partial charge on any atom is 0.303 e. The number of thiophene rings is 1. The molecule has 6 heteroatoms. The molecule has 0 radical (unpaired) electrons. The van der Waals surface area contributed by atoms with Crippen molar-refractivity contribution in [2.45, 2.75) is 79.2 Å². The van der Waals surface area contributed by atoms with Crippen LogP contribution in [0.5, 0.6) is 0 Å².